The molecule has 0 aromatic heterocycles. The minimum absolute atomic E-state index is 0.367. The second kappa shape index (κ2) is 6.83. The number of halogens is 1. The average molecular weight is 228 g/mol. The number of benzene rings is 1. The summed E-state index contributed by atoms with van der Waals surface area (Å²) in [4.78, 5) is 0. The molecular weight excluding hydrogens is 210 g/mol. The maximum atomic E-state index is 5.83. The third-order valence-corrected chi connectivity index (χ3v) is 2.58. The lowest BCUT2D eigenvalue weighted by Gasteiger charge is -2.15. The van der Waals surface area contributed by atoms with E-state index >= 15 is 0 Å². The average Bonchev–Trinajstić information content (AvgIpc) is 2.27. The molecular formula is C12H18ClNO. The lowest BCUT2D eigenvalue weighted by molar-refractivity contribution is 0.125. The molecule has 0 heterocycles. The first kappa shape index (κ1) is 12.5. The van der Waals surface area contributed by atoms with Crippen LogP contribution in [0.25, 0.3) is 0 Å². The van der Waals surface area contributed by atoms with Gasteiger partial charge in [0.15, 0.2) is 0 Å². The summed E-state index contributed by atoms with van der Waals surface area (Å²) in [5.41, 5.74) is 1.28. The number of rotatable bonds is 6. The van der Waals surface area contributed by atoms with Gasteiger partial charge in [0.2, 0.25) is 0 Å². The number of hydrogen-bond donors (Lipinski definition) is 1. The van der Waals surface area contributed by atoms with Crippen molar-refractivity contribution < 1.29 is 4.74 Å². The zero-order chi connectivity index (χ0) is 11.1. The van der Waals surface area contributed by atoms with Crippen molar-refractivity contribution in [3.05, 3.63) is 34.9 Å². The summed E-state index contributed by atoms with van der Waals surface area (Å²) in [6, 6.07) is 8.32. The van der Waals surface area contributed by atoms with Crippen LogP contribution in [0, 0.1) is 0 Å². The van der Waals surface area contributed by atoms with Crippen LogP contribution in [0.2, 0.25) is 5.02 Å². The van der Waals surface area contributed by atoms with E-state index in [2.05, 4.69) is 17.4 Å². The largest absolute Gasteiger partial charge is 0.380 e. The van der Waals surface area contributed by atoms with Crippen LogP contribution in [0.4, 0.5) is 0 Å². The van der Waals surface area contributed by atoms with Crippen LogP contribution in [0.3, 0.4) is 0 Å². The predicted octanol–water partition coefficient (Wildman–Crippen LogP) is 2.51. The fraction of sp³-hybridized carbons (Fsp3) is 0.500. The van der Waals surface area contributed by atoms with Crippen molar-refractivity contribution in [2.24, 2.45) is 0 Å². The molecule has 0 radical (unpaired) electrons. The highest BCUT2D eigenvalue weighted by molar-refractivity contribution is 6.30. The standard InChI is InChI=1S/C12H18ClNO/c1-3-15-9-12(14-2)8-10-4-6-11(13)7-5-10/h4-7,12,14H,3,8-9H2,1-2H3. The molecule has 1 unspecified atom stereocenters. The quantitative estimate of drug-likeness (QED) is 0.807. The van der Waals surface area contributed by atoms with Gasteiger partial charge in [0.05, 0.1) is 6.61 Å². The Bertz CT molecular complexity index is 273. The molecule has 1 aromatic rings. The molecule has 0 saturated heterocycles. The van der Waals surface area contributed by atoms with Crippen LogP contribution in [0.15, 0.2) is 24.3 Å². The van der Waals surface area contributed by atoms with E-state index in [-0.39, 0.29) is 0 Å². The Kier molecular flexibility index (Phi) is 5.69. The molecule has 2 nitrogen and oxygen atoms in total. The molecule has 1 N–H and O–H groups in total. The number of likely N-dealkylation sites (N-methyl/N-ethyl adjacent to an activating group) is 1. The molecule has 0 spiro atoms. The molecule has 0 amide bonds. The van der Waals surface area contributed by atoms with Gasteiger partial charge in [-0.15, -0.1) is 0 Å². The van der Waals surface area contributed by atoms with Gasteiger partial charge in [0.25, 0.3) is 0 Å². The van der Waals surface area contributed by atoms with E-state index in [4.69, 9.17) is 16.3 Å². The van der Waals surface area contributed by atoms with Crippen molar-refractivity contribution in [3.8, 4) is 0 Å². The van der Waals surface area contributed by atoms with Crippen molar-refractivity contribution in [1.82, 2.24) is 5.32 Å². The SMILES string of the molecule is CCOCC(Cc1ccc(Cl)cc1)NC. The van der Waals surface area contributed by atoms with E-state index in [9.17, 15) is 0 Å². The van der Waals surface area contributed by atoms with Gasteiger partial charge in [-0.2, -0.15) is 0 Å². The summed E-state index contributed by atoms with van der Waals surface area (Å²) >= 11 is 5.83. The molecule has 0 aliphatic rings. The predicted molar refractivity (Wildman–Crippen MR) is 64.5 cm³/mol. The van der Waals surface area contributed by atoms with Crippen LogP contribution in [-0.2, 0) is 11.2 Å². The van der Waals surface area contributed by atoms with Crippen molar-refractivity contribution in [3.63, 3.8) is 0 Å². The van der Waals surface area contributed by atoms with Gasteiger partial charge >= 0.3 is 0 Å². The van der Waals surface area contributed by atoms with Gasteiger partial charge in [-0.3, -0.25) is 0 Å². The maximum absolute atomic E-state index is 5.83. The zero-order valence-corrected chi connectivity index (χ0v) is 10.1. The summed E-state index contributed by atoms with van der Waals surface area (Å²) < 4.78 is 5.39. The van der Waals surface area contributed by atoms with Gasteiger partial charge in [0.1, 0.15) is 0 Å². The summed E-state index contributed by atoms with van der Waals surface area (Å²) in [5, 5.41) is 4.02. The van der Waals surface area contributed by atoms with Crippen LogP contribution >= 0.6 is 11.6 Å². The van der Waals surface area contributed by atoms with E-state index in [0.29, 0.717) is 6.04 Å². The highest BCUT2D eigenvalue weighted by atomic mass is 35.5. The maximum Gasteiger partial charge on any atom is 0.0622 e. The fourth-order valence-corrected chi connectivity index (χ4v) is 1.54. The molecule has 1 aromatic carbocycles. The second-order valence-corrected chi connectivity index (χ2v) is 3.91. The van der Waals surface area contributed by atoms with Crippen molar-refractivity contribution >= 4 is 11.6 Å². The lowest BCUT2D eigenvalue weighted by Crippen LogP contribution is -2.32. The number of ether oxygens (including phenoxy) is 1. The lowest BCUT2D eigenvalue weighted by atomic mass is 10.1. The Hall–Kier alpha value is -0.570. The molecule has 0 aliphatic carbocycles. The molecule has 0 bridgehead atoms. The van der Waals surface area contributed by atoms with Gasteiger partial charge in [-0.25, -0.2) is 0 Å². The first-order chi connectivity index (χ1) is 7.26. The van der Waals surface area contributed by atoms with Gasteiger partial charge in [-0.1, -0.05) is 23.7 Å². The van der Waals surface area contributed by atoms with Gasteiger partial charge in [-0.05, 0) is 38.1 Å². The summed E-state index contributed by atoms with van der Waals surface area (Å²) in [6.45, 7) is 3.52. The Morgan fingerprint density at radius 2 is 2.00 bits per heavy atom. The first-order valence-corrected chi connectivity index (χ1v) is 5.63. The second-order valence-electron chi connectivity index (χ2n) is 3.48. The molecule has 0 aliphatic heterocycles. The Balaban J connectivity index is 2.47. The Labute approximate surface area is 96.6 Å². The van der Waals surface area contributed by atoms with Crippen molar-refractivity contribution in [2.75, 3.05) is 20.3 Å². The normalized spacial score (nSPS) is 12.7. The molecule has 1 rings (SSSR count). The molecule has 1 atom stereocenters. The molecule has 0 fully saturated rings. The van der Waals surface area contributed by atoms with Crippen LogP contribution in [0.5, 0.6) is 0 Å². The van der Waals surface area contributed by atoms with E-state index < -0.39 is 0 Å². The topological polar surface area (TPSA) is 21.3 Å². The van der Waals surface area contributed by atoms with Gasteiger partial charge < -0.3 is 10.1 Å². The van der Waals surface area contributed by atoms with Crippen molar-refractivity contribution in [2.45, 2.75) is 19.4 Å². The Morgan fingerprint density at radius 3 is 2.53 bits per heavy atom. The molecule has 3 heteroatoms. The van der Waals surface area contributed by atoms with E-state index in [1.165, 1.54) is 5.56 Å². The first-order valence-electron chi connectivity index (χ1n) is 5.25. The van der Waals surface area contributed by atoms with E-state index in [1.807, 2.05) is 26.1 Å². The fourth-order valence-electron chi connectivity index (χ4n) is 1.41. The Morgan fingerprint density at radius 1 is 1.33 bits per heavy atom. The van der Waals surface area contributed by atoms with Gasteiger partial charge in [0, 0.05) is 17.7 Å². The number of hydrogen-bond acceptors (Lipinski definition) is 2. The number of nitrogens with one attached hydrogen (secondary N) is 1. The monoisotopic (exact) mass is 227 g/mol. The van der Waals surface area contributed by atoms with E-state index in [1.54, 1.807) is 0 Å². The summed E-state index contributed by atoms with van der Waals surface area (Å²) in [7, 11) is 1.96. The molecule has 84 valence electrons. The minimum Gasteiger partial charge on any atom is -0.380 e. The third-order valence-electron chi connectivity index (χ3n) is 2.33. The highest BCUT2D eigenvalue weighted by Gasteiger charge is 2.06. The highest BCUT2D eigenvalue weighted by Crippen LogP contribution is 2.11. The third kappa shape index (κ3) is 4.65. The van der Waals surface area contributed by atoms with Crippen molar-refractivity contribution in [1.29, 1.82) is 0 Å². The van der Waals surface area contributed by atoms with Crippen LogP contribution < -0.4 is 5.32 Å². The smallest absolute Gasteiger partial charge is 0.0622 e. The minimum atomic E-state index is 0.367. The van der Waals surface area contributed by atoms with Crippen LogP contribution in [-0.4, -0.2) is 26.3 Å². The molecule has 15 heavy (non-hydrogen) atoms. The summed E-state index contributed by atoms with van der Waals surface area (Å²) in [6.07, 6.45) is 0.966. The molecule has 0 saturated carbocycles. The summed E-state index contributed by atoms with van der Waals surface area (Å²) in [5.74, 6) is 0. The zero-order valence-electron chi connectivity index (χ0n) is 9.29. The van der Waals surface area contributed by atoms with Crippen LogP contribution in [0.1, 0.15) is 12.5 Å². The van der Waals surface area contributed by atoms with E-state index in [0.717, 1.165) is 24.7 Å².